The van der Waals surface area contributed by atoms with Gasteiger partial charge in [-0.05, 0) is 44.0 Å². The van der Waals surface area contributed by atoms with Crippen LogP contribution in [0.2, 0.25) is 0 Å². The van der Waals surface area contributed by atoms with Crippen molar-refractivity contribution < 1.29 is 41.7 Å². The normalized spacial score (nSPS) is 19.4. The Morgan fingerprint density at radius 1 is 1.28 bits per heavy atom. The van der Waals surface area contributed by atoms with E-state index in [1.165, 1.54) is 37.4 Å². The second-order valence-corrected chi connectivity index (χ2v) is 12.9. The summed E-state index contributed by atoms with van der Waals surface area (Å²) in [6, 6.07) is 8.52. The van der Waals surface area contributed by atoms with E-state index in [9.17, 15) is 27.9 Å². The fourth-order valence-corrected chi connectivity index (χ4v) is 6.97. The van der Waals surface area contributed by atoms with Crippen molar-refractivity contribution in [2.24, 2.45) is 5.73 Å². The molecule has 15 heteroatoms. The zero-order chi connectivity index (χ0) is 33.5. The van der Waals surface area contributed by atoms with Crippen LogP contribution in [-0.4, -0.2) is 57.6 Å². The molecule has 0 unspecified atom stereocenters. The lowest BCUT2D eigenvalue weighted by Crippen LogP contribution is -2.49. The van der Waals surface area contributed by atoms with Gasteiger partial charge in [0.25, 0.3) is 5.91 Å². The quantitative estimate of drug-likeness (QED) is 0.185. The molecule has 0 saturated heterocycles. The summed E-state index contributed by atoms with van der Waals surface area (Å²) in [6.07, 6.45) is 0.969. The number of hydrogen-bond donors (Lipinski definition) is 3. The van der Waals surface area contributed by atoms with Gasteiger partial charge in [0.2, 0.25) is 5.91 Å². The highest BCUT2D eigenvalue weighted by atomic mass is 32.1. The van der Waals surface area contributed by atoms with Crippen molar-refractivity contribution >= 4 is 44.1 Å². The zero-order valence-electron chi connectivity index (χ0n) is 24.9. The van der Waals surface area contributed by atoms with Crippen LogP contribution in [0.1, 0.15) is 47.9 Å². The zero-order valence-corrected chi connectivity index (χ0v) is 25.8. The monoisotopic (exact) mass is 669 g/mol. The van der Waals surface area contributed by atoms with E-state index in [4.69, 9.17) is 15.2 Å². The molecule has 1 aliphatic carbocycles. The smallest absolute Gasteiger partial charge is 0.333 e. The van der Waals surface area contributed by atoms with E-state index in [0.29, 0.717) is 20.3 Å². The lowest BCUT2D eigenvalue weighted by Gasteiger charge is -2.33. The van der Waals surface area contributed by atoms with Gasteiger partial charge in [0, 0.05) is 39.0 Å². The minimum atomic E-state index is -2.92. The van der Waals surface area contributed by atoms with Gasteiger partial charge in [-0.1, -0.05) is 12.1 Å². The number of nitrogens with zero attached hydrogens (tertiary/aromatic N) is 3. The fraction of sp³-hybridized carbons (Fsp3) is 0.312. The van der Waals surface area contributed by atoms with E-state index in [0.717, 1.165) is 17.5 Å². The van der Waals surface area contributed by atoms with Gasteiger partial charge < -0.3 is 25.6 Å². The summed E-state index contributed by atoms with van der Waals surface area (Å²) in [6.45, 7) is -2.16. The highest BCUT2D eigenvalue weighted by Crippen LogP contribution is 2.55. The van der Waals surface area contributed by atoms with E-state index in [1.807, 2.05) is 0 Å². The van der Waals surface area contributed by atoms with E-state index in [1.54, 1.807) is 18.4 Å². The number of ether oxygens (including phenoxy) is 2. The van der Waals surface area contributed by atoms with Gasteiger partial charge >= 0.3 is 6.55 Å². The number of benzene rings is 2. The Bertz CT molecular complexity index is 2110. The number of halogens is 4. The number of alkyl halides is 3. The van der Waals surface area contributed by atoms with Crippen molar-refractivity contribution in [2.75, 3.05) is 20.3 Å². The average molecular weight is 670 g/mol. The Kier molecular flexibility index (Phi) is 6.99. The van der Waals surface area contributed by atoms with Crippen LogP contribution in [0.25, 0.3) is 32.2 Å². The maximum atomic E-state index is 16.3. The Balaban J connectivity index is 1.32. The number of nitrogens with two attached hydrogens (primary N) is 1. The average Bonchev–Trinajstić information content (AvgIpc) is 3.36. The summed E-state index contributed by atoms with van der Waals surface area (Å²) < 4.78 is 69.5. The predicted molar refractivity (Wildman–Crippen MR) is 164 cm³/mol. The SMILES string of the molecule is COc1cc(C(=O)NC[C@](O)(c2cc3c(c(-c4csc5c(F)cccc45)n2)OC[C@]3(C)C(N)=O)C2(F)CC2)cc2cn(C(F)F)nc12. The molecule has 47 heavy (non-hydrogen) atoms. The molecule has 10 nitrogen and oxygen atoms in total. The fourth-order valence-electron chi connectivity index (χ4n) is 6.01. The van der Waals surface area contributed by atoms with Gasteiger partial charge in [0.05, 0.1) is 24.0 Å². The van der Waals surface area contributed by atoms with Crippen LogP contribution in [0, 0.1) is 5.82 Å². The van der Waals surface area contributed by atoms with Gasteiger partial charge in [0.15, 0.2) is 5.60 Å². The third-order valence-electron chi connectivity index (χ3n) is 9.06. The second kappa shape index (κ2) is 10.6. The van der Waals surface area contributed by atoms with Crippen molar-refractivity contribution in [3.63, 3.8) is 0 Å². The Morgan fingerprint density at radius 2 is 2.04 bits per heavy atom. The molecule has 0 bridgehead atoms. The molecule has 3 aromatic heterocycles. The molecule has 2 amide bonds. The number of fused-ring (bicyclic) bond motifs is 3. The summed E-state index contributed by atoms with van der Waals surface area (Å²) >= 11 is 1.12. The van der Waals surface area contributed by atoms with Crippen LogP contribution in [0.15, 0.2) is 48.0 Å². The number of nitrogens with one attached hydrogen (secondary N) is 1. The van der Waals surface area contributed by atoms with E-state index < -0.39 is 47.4 Å². The van der Waals surface area contributed by atoms with Gasteiger partial charge in [-0.15, -0.1) is 11.3 Å². The number of aliphatic hydroxyl groups is 1. The van der Waals surface area contributed by atoms with Crippen molar-refractivity contribution in [1.29, 1.82) is 0 Å². The molecule has 0 spiro atoms. The number of aromatic nitrogens is 3. The first-order valence-electron chi connectivity index (χ1n) is 14.5. The summed E-state index contributed by atoms with van der Waals surface area (Å²) in [5.74, 6) is -1.69. The number of primary amides is 1. The first-order chi connectivity index (χ1) is 22.3. The van der Waals surface area contributed by atoms with E-state index in [-0.39, 0.29) is 64.4 Å². The van der Waals surface area contributed by atoms with E-state index >= 15 is 4.39 Å². The third-order valence-corrected chi connectivity index (χ3v) is 10.1. The van der Waals surface area contributed by atoms with Crippen LogP contribution >= 0.6 is 11.3 Å². The topological polar surface area (TPSA) is 142 Å². The van der Waals surface area contributed by atoms with Gasteiger partial charge in [-0.2, -0.15) is 13.9 Å². The minimum Gasteiger partial charge on any atom is -0.494 e. The Hall–Kier alpha value is -4.76. The first-order valence-corrected chi connectivity index (χ1v) is 15.4. The molecular formula is C32H27F4N5O5S. The van der Waals surface area contributed by atoms with Crippen molar-refractivity contribution in [2.45, 2.75) is 43.0 Å². The molecule has 1 saturated carbocycles. The molecule has 2 atom stereocenters. The van der Waals surface area contributed by atoms with E-state index in [2.05, 4.69) is 15.4 Å². The van der Waals surface area contributed by atoms with Gasteiger partial charge in [0.1, 0.15) is 46.2 Å². The molecule has 0 radical (unpaired) electrons. The molecule has 2 aromatic carbocycles. The molecule has 4 heterocycles. The highest BCUT2D eigenvalue weighted by Gasteiger charge is 2.62. The van der Waals surface area contributed by atoms with Crippen LogP contribution in [0.5, 0.6) is 11.5 Å². The predicted octanol–water partition coefficient (Wildman–Crippen LogP) is 5.11. The van der Waals surface area contributed by atoms with Crippen molar-refractivity contribution in [3.05, 3.63) is 70.6 Å². The van der Waals surface area contributed by atoms with Crippen molar-refractivity contribution in [3.8, 4) is 22.8 Å². The number of methoxy groups -OCH3 is 1. The lowest BCUT2D eigenvalue weighted by molar-refractivity contribution is -0.123. The molecule has 1 fully saturated rings. The molecule has 4 N–H and O–H groups in total. The number of thiophene rings is 1. The molecule has 2 aliphatic rings. The maximum absolute atomic E-state index is 16.3. The van der Waals surface area contributed by atoms with Crippen LogP contribution in [0.4, 0.5) is 17.6 Å². The molecule has 244 valence electrons. The number of pyridine rings is 1. The van der Waals surface area contributed by atoms with Crippen LogP contribution in [-0.2, 0) is 15.8 Å². The summed E-state index contributed by atoms with van der Waals surface area (Å²) in [7, 11) is 1.29. The number of carbonyl (C=O) groups excluding carboxylic acids is 2. The number of carbonyl (C=O) groups is 2. The van der Waals surface area contributed by atoms with Crippen LogP contribution < -0.4 is 20.5 Å². The molecule has 1 aliphatic heterocycles. The van der Waals surface area contributed by atoms with Crippen molar-refractivity contribution in [1.82, 2.24) is 20.1 Å². The largest absolute Gasteiger partial charge is 0.494 e. The molecule has 7 rings (SSSR count). The summed E-state index contributed by atoms with van der Waals surface area (Å²) in [5, 5.41) is 20.9. The standard InChI is InChI=1S/C32H27F4N5O5S/c1-30(28(37)43)14-46-25-19(30)10-22(39-24(25)18-12-47-26-17(18)4-3-5-20(26)33)32(44,31(36)6-7-31)13-38-27(42)15-8-16-11-41(29(34)35)40-23(16)21(9-15)45-2/h3-5,8-12,29,44H,6-7,13-14H2,1-2H3,(H2,37,43)(H,38,42)/t30-,32-/m0/s1. The summed E-state index contributed by atoms with van der Waals surface area (Å²) in [5.41, 5.74) is 0.574. The summed E-state index contributed by atoms with van der Waals surface area (Å²) in [4.78, 5) is 30.8. The lowest BCUT2D eigenvalue weighted by atomic mass is 9.80. The number of rotatable bonds is 9. The third kappa shape index (κ3) is 4.70. The minimum absolute atomic E-state index is 0.0155. The maximum Gasteiger partial charge on any atom is 0.333 e. The molecular weight excluding hydrogens is 642 g/mol. The number of amides is 2. The molecule has 5 aromatic rings. The van der Waals surface area contributed by atoms with Gasteiger partial charge in [-0.25, -0.2) is 18.4 Å². The highest BCUT2D eigenvalue weighted by molar-refractivity contribution is 7.17. The second-order valence-electron chi connectivity index (χ2n) is 12.0. The first kappa shape index (κ1) is 30.9. The Labute approximate surface area is 268 Å². The Morgan fingerprint density at radius 3 is 2.72 bits per heavy atom. The number of hydrogen-bond acceptors (Lipinski definition) is 8. The van der Waals surface area contributed by atoms with Crippen LogP contribution in [0.3, 0.4) is 0 Å². The van der Waals surface area contributed by atoms with Gasteiger partial charge in [-0.3, -0.25) is 9.59 Å².